The van der Waals surface area contributed by atoms with Crippen molar-refractivity contribution in [3.63, 3.8) is 0 Å². The zero-order chi connectivity index (χ0) is 14.0. The molecule has 3 N–H and O–H groups in total. The summed E-state index contributed by atoms with van der Waals surface area (Å²) in [5.74, 6) is -2.41. The molecule has 106 valence electrons. The molecule has 5 nitrogen and oxygen atoms in total. The van der Waals surface area contributed by atoms with Crippen LogP contribution in [0.5, 0.6) is 0 Å². The highest BCUT2D eigenvalue weighted by atomic mass is 16.4. The molecule has 0 aliphatic carbocycles. The van der Waals surface area contributed by atoms with Crippen LogP contribution in [0.1, 0.15) is 64.7 Å². The van der Waals surface area contributed by atoms with Gasteiger partial charge in [-0.1, -0.05) is 39.0 Å². The Morgan fingerprint density at radius 1 is 0.944 bits per heavy atom. The second-order valence-corrected chi connectivity index (χ2v) is 4.75. The first-order valence-electron chi connectivity index (χ1n) is 6.60. The quantitative estimate of drug-likeness (QED) is 0.496. The minimum absolute atomic E-state index is 0.127. The molecule has 0 fully saturated rings. The fourth-order valence-electron chi connectivity index (χ4n) is 1.85. The number of hydrogen-bond acceptors (Lipinski definition) is 3. The van der Waals surface area contributed by atoms with Crippen molar-refractivity contribution in [1.82, 2.24) is 0 Å². The van der Waals surface area contributed by atoms with Gasteiger partial charge in [-0.3, -0.25) is 4.79 Å². The number of carboxylic acids is 2. The van der Waals surface area contributed by atoms with Gasteiger partial charge in [0, 0.05) is 6.42 Å². The maximum atomic E-state index is 11.0. The Hall–Kier alpha value is -1.10. The van der Waals surface area contributed by atoms with Crippen molar-refractivity contribution in [1.29, 1.82) is 0 Å². The molecule has 0 aliphatic rings. The first kappa shape index (κ1) is 16.9. The fraction of sp³-hybridized carbons (Fsp3) is 0.846. The van der Waals surface area contributed by atoms with Gasteiger partial charge in [0.2, 0.25) is 0 Å². The lowest BCUT2D eigenvalue weighted by molar-refractivity contribution is -0.161. The van der Waals surface area contributed by atoms with Crippen LogP contribution in [0.25, 0.3) is 0 Å². The molecule has 0 aromatic rings. The molecule has 0 radical (unpaired) electrons. The van der Waals surface area contributed by atoms with Gasteiger partial charge in [-0.2, -0.15) is 0 Å². The fourth-order valence-corrected chi connectivity index (χ4v) is 1.85. The van der Waals surface area contributed by atoms with Crippen molar-refractivity contribution in [2.24, 2.45) is 0 Å². The number of carboxylic acid groups (broad SMARTS) is 2. The van der Waals surface area contributed by atoms with Crippen molar-refractivity contribution in [2.45, 2.75) is 70.3 Å². The molecular weight excluding hydrogens is 236 g/mol. The molecule has 0 saturated carbocycles. The van der Waals surface area contributed by atoms with E-state index < -0.39 is 17.5 Å². The van der Waals surface area contributed by atoms with Gasteiger partial charge in [0.25, 0.3) is 0 Å². The topological polar surface area (TPSA) is 94.8 Å². The maximum Gasteiger partial charge on any atom is 0.335 e. The molecule has 0 aliphatic heterocycles. The number of rotatable bonds is 11. The third kappa shape index (κ3) is 7.27. The van der Waals surface area contributed by atoms with Crippen LogP contribution in [-0.4, -0.2) is 32.9 Å². The van der Waals surface area contributed by atoms with Crippen molar-refractivity contribution in [2.75, 3.05) is 0 Å². The Kier molecular flexibility index (Phi) is 8.37. The van der Waals surface area contributed by atoms with E-state index in [1.807, 2.05) is 0 Å². The van der Waals surface area contributed by atoms with Crippen LogP contribution in [0.4, 0.5) is 0 Å². The van der Waals surface area contributed by atoms with E-state index in [9.17, 15) is 14.7 Å². The van der Waals surface area contributed by atoms with Crippen molar-refractivity contribution >= 4 is 11.9 Å². The highest BCUT2D eigenvalue weighted by Gasteiger charge is 2.35. The Morgan fingerprint density at radius 3 is 2.00 bits per heavy atom. The standard InChI is InChI=1S/C13H24O5/c1-2-3-4-5-6-7-9-13(18,12(16)17)10-8-11(14)15/h18H,2-10H2,1H3,(H,14,15)(H,16,17)/t13-/m1/s1. The van der Waals surface area contributed by atoms with Gasteiger partial charge in [0.15, 0.2) is 5.60 Å². The van der Waals surface area contributed by atoms with Gasteiger partial charge in [-0.15, -0.1) is 0 Å². The highest BCUT2D eigenvalue weighted by molar-refractivity contribution is 5.78. The van der Waals surface area contributed by atoms with E-state index in [1.54, 1.807) is 0 Å². The van der Waals surface area contributed by atoms with Crippen LogP contribution in [0.2, 0.25) is 0 Å². The molecular formula is C13H24O5. The van der Waals surface area contributed by atoms with Gasteiger partial charge in [-0.05, 0) is 19.3 Å². The molecule has 0 amide bonds. The third-order valence-electron chi connectivity index (χ3n) is 3.09. The van der Waals surface area contributed by atoms with E-state index in [-0.39, 0.29) is 19.3 Å². The average Bonchev–Trinajstić information content (AvgIpc) is 2.31. The lowest BCUT2D eigenvalue weighted by Crippen LogP contribution is -2.39. The summed E-state index contributed by atoms with van der Waals surface area (Å²) in [6.45, 7) is 2.12. The Bertz CT molecular complexity index is 264. The van der Waals surface area contributed by atoms with E-state index in [2.05, 4.69) is 6.92 Å². The van der Waals surface area contributed by atoms with Gasteiger partial charge in [-0.25, -0.2) is 4.79 Å². The summed E-state index contributed by atoms with van der Waals surface area (Å²) in [5, 5.41) is 27.3. The third-order valence-corrected chi connectivity index (χ3v) is 3.09. The predicted molar refractivity (Wildman–Crippen MR) is 67.4 cm³/mol. The summed E-state index contributed by atoms with van der Waals surface area (Å²) in [6, 6.07) is 0. The molecule has 1 atom stereocenters. The average molecular weight is 260 g/mol. The molecule has 0 aromatic heterocycles. The van der Waals surface area contributed by atoms with Gasteiger partial charge in [0.1, 0.15) is 0 Å². The Morgan fingerprint density at radius 2 is 1.50 bits per heavy atom. The minimum atomic E-state index is -1.89. The predicted octanol–water partition coefficient (Wildman–Crippen LogP) is 2.42. The number of hydrogen-bond donors (Lipinski definition) is 3. The summed E-state index contributed by atoms with van der Waals surface area (Å²) in [5.41, 5.74) is -1.89. The molecule has 0 unspecified atom stereocenters. The van der Waals surface area contributed by atoms with Gasteiger partial charge in [0.05, 0.1) is 0 Å². The SMILES string of the molecule is CCCCCCCC[C@@](O)(CCC(=O)O)C(=O)O. The smallest absolute Gasteiger partial charge is 0.335 e. The van der Waals surface area contributed by atoms with Crippen LogP contribution >= 0.6 is 0 Å². The summed E-state index contributed by atoms with van der Waals surface area (Å²) < 4.78 is 0. The second kappa shape index (κ2) is 8.91. The first-order chi connectivity index (χ1) is 8.42. The maximum absolute atomic E-state index is 11.0. The van der Waals surface area contributed by atoms with Crippen molar-refractivity contribution in [3.8, 4) is 0 Å². The van der Waals surface area contributed by atoms with Crippen LogP contribution in [-0.2, 0) is 9.59 Å². The zero-order valence-electron chi connectivity index (χ0n) is 11.0. The number of carbonyl (C=O) groups is 2. The molecule has 0 spiro atoms. The van der Waals surface area contributed by atoms with Crippen LogP contribution in [0, 0.1) is 0 Å². The zero-order valence-corrected chi connectivity index (χ0v) is 11.0. The highest BCUT2D eigenvalue weighted by Crippen LogP contribution is 2.22. The molecule has 0 aromatic carbocycles. The largest absolute Gasteiger partial charge is 0.481 e. The van der Waals surface area contributed by atoms with E-state index in [1.165, 1.54) is 6.42 Å². The lowest BCUT2D eigenvalue weighted by Gasteiger charge is -2.22. The Balaban J connectivity index is 3.95. The summed E-state index contributed by atoms with van der Waals surface area (Å²) >= 11 is 0. The summed E-state index contributed by atoms with van der Waals surface area (Å²) in [4.78, 5) is 21.4. The molecule has 5 heteroatoms. The van der Waals surface area contributed by atoms with Crippen LogP contribution < -0.4 is 0 Å². The molecule has 0 rings (SSSR count). The van der Waals surface area contributed by atoms with Crippen LogP contribution in [0.3, 0.4) is 0 Å². The lowest BCUT2D eigenvalue weighted by atomic mass is 9.91. The number of aliphatic carboxylic acids is 2. The minimum Gasteiger partial charge on any atom is -0.481 e. The normalized spacial score (nSPS) is 14.1. The summed E-state index contributed by atoms with van der Waals surface area (Å²) in [7, 11) is 0. The monoisotopic (exact) mass is 260 g/mol. The van der Waals surface area contributed by atoms with Gasteiger partial charge < -0.3 is 15.3 Å². The van der Waals surface area contributed by atoms with Crippen LogP contribution in [0.15, 0.2) is 0 Å². The summed E-state index contributed by atoms with van der Waals surface area (Å²) in [6.07, 6.45) is 5.54. The molecule has 18 heavy (non-hydrogen) atoms. The molecule has 0 saturated heterocycles. The number of aliphatic hydroxyl groups is 1. The van der Waals surface area contributed by atoms with Crippen molar-refractivity contribution in [3.05, 3.63) is 0 Å². The van der Waals surface area contributed by atoms with E-state index in [0.717, 1.165) is 25.7 Å². The van der Waals surface area contributed by atoms with E-state index >= 15 is 0 Å². The van der Waals surface area contributed by atoms with E-state index in [4.69, 9.17) is 10.2 Å². The van der Waals surface area contributed by atoms with E-state index in [0.29, 0.717) is 6.42 Å². The second-order valence-electron chi connectivity index (χ2n) is 4.75. The number of unbranched alkanes of at least 4 members (excludes halogenated alkanes) is 5. The first-order valence-corrected chi connectivity index (χ1v) is 6.60. The van der Waals surface area contributed by atoms with Crippen molar-refractivity contribution < 1.29 is 24.9 Å². The molecule has 0 heterocycles. The molecule has 0 bridgehead atoms. The van der Waals surface area contributed by atoms with Gasteiger partial charge >= 0.3 is 11.9 Å². The Labute approximate surface area is 108 Å².